The molecule has 1 saturated carbocycles. The van der Waals surface area contributed by atoms with Crippen LogP contribution in [0.15, 0.2) is 35.4 Å². The van der Waals surface area contributed by atoms with Crippen LogP contribution in [0.2, 0.25) is 0 Å². The molecule has 0 spiro atoms. The van der Waals surface area contributed by atoms with Crippen LogP contribution in [0.1, 0.15) is 19.8 Å². The monoisotopic (exact) mass is 272 g/mol. The van der Waals surface area contributed by atoms with Crippen LogP contribution in [0, 0.1) is 10.1 Å². The van der Waals surface area contributed by atoms with Crippen LogP contribution in [0.4, 0.5) is 0 Å². The van der Waals surface area contributed by atoms with Crippen molar-refractivity contribution in [2.24, 2.45) is 0 Å². The normalized spacial score (nSPS) is 17.4. The summed E-state index contributed by atoms with van der Waals surface area (Å²) in [5.41, 5.74) is -0.611. The fourth-order valence-corrected chi connectivity index (χ4v) is 2.93. The second kappa shape index (κ2) is 5.45. The van der Waals surface area contributed by atoms with Crippen molar-refractivity contribution in [1.29, 1.82) is 0 Å². The van der Waals surface area contributed by atoms with E-state index in [0.717, 1.165) is 12.8 Å². The number of sulfonamides is 1. The molecule has 0 saturated heterocycles. The molecule has 18 heavy (non-hydrogen) atoms. The largest absolute Gasteiger partial charge is 0.282 e. The van der Waals surface area contributed by atoms with Gasteiger partial charge in [0.2, 0.25) is 10.0 Å². The van der Waals surface area contributed by atoms with Gasteiger partial charge < -0.3 is 0 Å². The Labute approximate surface area is 106 Å². The van der Waals surface area contributed by atoms with Crippen molar-refractivity contribution in [3.8, 4) is 0 Å². The highest BCUT2D eigenvalue weighted by Crippen LogP contribution is 2.31. The van der Waals surface area contributed by atoms with Crippen LogP contribution in [0.5, 0.6) is 0 Å². The summed E-state index contributed by atoms with van der Waals surface area (Å²) in [5, 5.41) is 10.7. The van der Waals surface area contributed by atoms with Gasteiger partial charge in [-0.2, -0.15) is 4.31 Å². The van der Waals surface area contributed by atoms with Crippen molar-refractivity contribution in [3.63, 3.8) is 0 Å². The van der Waals surface area contributed by atoms with Gasteiger partial charge in [-0.1, -0.05) is 12.2 Å². The number of hydrogen-bond donors (Lipinski definition) is 0. The van der Waals surface area contributed by atoms with E-state index >= 15 is 0 Å². The summed E-state index contributed by atoms with van der Waals surface area (Å²) in [6.45, 7) is 4.92. The van der Waals surface area contributed by atoms with Crippen LogP contribution < -0.4 is 0 Å². The van der Waals surface area contributed by atoms with Gasteiger partial charge in [-0.3, -0.25) is 10.1 Å². The van der Waals surface area contributed by atoms with Crippen molar-refractivity contribution in [1.82, 2.24) is 4.31 Å². The minimum Gasteiger partial charge on any atom is -0.258 e. The average molecular weight is 272 g/mol. The molecule has 0 aromatic heterocycles. The Morgan fingerprint density at radius 1 is 1.50 bits per heavy atom. The van der Waals surface area contributed by atoms with Gasteiger partial charge in [0.25, 0.3) is 5.70 Å². The Morgan fingerprint density at radius 2 is 2.06 bits per heavy atom. The maximum absolute atomic E-state index is 12.2. The summed E-state index contributed by atoms with van der Waals surface area (Å²) in [5.74, 6) is 0. The van der Waals surface area contributed by atoms with Crippen LogP contribution >= 0.6 is 0 Å². The summed E-state index contributed by atoms with van der Waals surface area (Å²) in [6, 6.07) is -0.0523. The molecule has 1 aliphatic rings. The van der Waals surface area contributed by atoms with E-state index in [4.69, 9.17) is 0 Å². The van der Waals surface area contributed by atoms with Crippen LogP contribution in [0.25, 0.3) is 0 Å². The van der Waals surface area contributed by atoms with Crippen molar-refractivity contribution in [2.75, 3.05) is 7.05 Å². The Kier molecular flexibility index (Phi) is 4.42. The Bertz CT molecular complexity index is 515. The number of rotatable bonds is 6. The molecule has 0 aliphatic heterocycles. The highest BCUT2D eigenvalue weighted by atomic mass is 32.2. The Hall–Kier alpha value is -1.47. The summed E-state index contributed by atoms with van der Waals surface area (Å²) in [6.07, 6.45) is 5.83. The molecule has 0 radical (unpaired) electrons. The van der Waals surface area contributed by atoms with Gasteiger partial charge in [0.05, 0.1) is 4.92 Å². The van der Waals surface area contributed by atoms with Gasteiger partial charge in [-0.05, 0) is 32.4 Å². The highest BCUT2D eigenvalue weighted by molar-refractivity contribution is 7.93. The first-order chi connectivity index (χ1) is 8.32. The first-order valence-electron chi connectivity index (χ1n) is 5.47. The lowest BCUT2D eigenvalue weighted by atomic mass is 10.4. The zero-order valence-electron chi connectivity index (χ0n) is 10.4. The maximum atomic E-state index is 12.2. The minimum absolute atomic E-state index is 0.0523. The molecule has 0 aromatic carbocycles. The predicted molar refractivity (Wildman–Crippen MR) is 68.7 cm³/mol. The first-order valence-corrected chi connectivity index (χ1v) is 6.91. The van der Waals surface area contributed by atoms with E-state index in [2.05, 4.69) is 6.58 Å². The fraction of sp³-hybridized carbons (Fsp3) is 0.455. The number of nitrogens with zero attached hydrogens (tertiary/aromatic N) is 2. The molecule has 1 aliphatic carbocycles. The SMILES string of the molecule is C=C(/C(=C\C=C/C)S(=O)(=O)N(C)C1CC1)[N+](=O)[O-]. The zero-order chi connectivity index (χ0) is 13.9. The molecule has 1 fully saturated rings. The zero-order valence-corrected chi connectivity index (χ0v) is 11.2. The summed E-state index contributed by atoms with van der Waals surface area (Å²) in [4.78, 5) is 9.57. The topological polar surface area (TPSA) is 80.5 Å². The van der Waals surface area contributed by atoms with Gasteiger partial charge >= 0.3 is 0 Å². The molecule has 0 N–H and O–H groups in total. The van der Waals surface area contributed by atoms with Crippen LogP contribution in [-0.4, -0.2) is 30.7 Å². The standard InChI is InChI=1S/C11H16N2O4S/c1-4-5-6-11(9(2)13(14)15)18(16,17)12(3)10-7-8-10/h4-6,10H,2,7-8H2,1,3H3/b5-4-,11-6+. The molecule has 0 aromatic rings. The van der Waals surface area contributed by atoms with E-state index in [0.29, 0.717) is 0 Å². The lowest BCUT2D eigenvalue weighted by molar-refractivity contribution is -0.419. The van der Waals surface area contributed by atoms with Gasteiger partial charge in [0.15, 0.2) is 4.91 Å². The summed E-state index contributed by atoms with van der Waals surface area (Å²) >= 11 is 0. The third-order valence-electron chi connectivity index (χ3n) is 2.66. The minimum atomic E-state index is -3.85. The van der Waals surface area contributed by atoms with Crippen molar-refractivity contribution in [2.45, 2.75) is 25.8 Å². The number of hydrogen-bond acceptors (Lipinski definition) is 4. The number of allylic oxidation sites excluding steroid dienone is 3. The predicted octanol–water partition coefficient (Wildman–Crippen LogP) is 1.66. The van der Waals surface area contributed by atoms with E-state index in [9.17, 15) is 18.5 Å². The van der Waals surface area contributed by atoms with Gasteiger partial charge in [-0.15, -0.1) is 0 Å². The Morgan fingerprint density at radius 3 is 2.44 bits per heavy atom. The van der Waals surface area contributed by atoms with Crippen LogP contribution in [-0.2, 0) is 10.0 Å². The fourth-order valence-electron chi connectivity index (χ4n) is 1.39. The van der Waals surface area contributed by atoms with Crippen molar-refractivity contribution in [3.05, 3.63) is 45.5 Å². The molecule has 0 unspecified atom stereocenters. The molecular formula is C11H16N2O4S. The summed E-state index contributed by atoms with van der Waals surface area (Å²) < 4.78 is 25.6. The first kappa shape index (κ1) is 14.6. The van der Waals surface area contributed by atoms with E-state index in [-0.39, 0.29) is 10.9 Å². The highest BCUT2D eigenvalue weighted by Gasteiger charge is 2.39. The third kappa shape index (κ3) is 3.05. The average Bonchev–Trinajstić information content (AvgIpc) is 3.11. The van der Waals surface area contributed by atoms with Crippen molar-refractivity contribution >= 4 is 10.0 Å². The summed E-state index contributed by atoms with van der Waals surface area (Å²) in [7, 11) is -2.42. The molecule has 0 amide bonds. The second-order valence-corrected chi connectivity index (χ2v) is 5.98. The molecule has 0 heterocycles. The molecule has 0 bridgehead atoms. The molecule has 0 atom stereocenters. The molecule has 1 rings (SSSR count). The van der Waals surface area contributed by atoms with Gasteiger partial charge in [0, 0.05) is 13.1 Å². The number of nitro groups is 1. The van der Waals surface area contributed by atoms with Gasteiger partial charge in [0.1, 0.15) is 0 Å². The lowest BCUT2D eigenvalue weighted by Gasteiger charge is -2.16. The second-order valence-electron chi connectivity index (χ2n) is 4.01. The van der Waals surface area contributed by atoms with Gasteiger partial charge in [-0.25, -0.2) is 8.42 Å². The van der Waals surface area contributed by atoms with E-state index in [1.54, 1.807) is 13.0 Å². The quantitative estimate of drug-likeness (QED) is 0.418. The molecule has 7 heteroatoms. The molecule has 6 nitrogen and oxygen atoms in total. The van der Waals surface area contributed by atoms with E-state index in [1.165, 1.54) is 23.5 Å². The van der Waals surface area contributed by atoms with E-state index in [1.807, 2.05) is 0 Å². The third-order valence-corrected chi connectivity index (χ3v) is 4.65. The molecule has 100 valence electrons. The van der Waals surface area contributed by atoms with Crippen molar-refractivity contribution < 1.29 is 13.3 Å². The smallest absolute Gasteiger partial charge is 0.258 e. The maximum Gasteiger partial charge on any atom is 0.282 e. The van der Waals surface area contributed by atoms with E-state index < -0.39 is 20.6 Å². The lowest BCUT2D eigenvalue weighted by Crippen LogP contribution is -2.31. The Balaban J connectivity index is 3.17. The van der Waals surface area contributed by atoms with Crippen LogP contribution in [0.3, 0.4) is 0 Å². The molecular weight excluding hydrogens is 256 g/mol.